The van der Waals surface area contributed by atoms with E-state index in [2.05, 4.69) is 10.6 Å². The van der Waals surface area contributed by atoms with Gasteiger partial charge in [-0.1, -0.05) is 26.2 Å². The lowest BCUT2D eigenvalue weighted by Crippen LogP contribution is -2.50. The van der Waals surface area contributed by atoms with Crippen molar-refractivity contribution in [1.82, 2.24) is 15.5 Å². The third-order valence-electron chi connectivity index (χ3n) is 4.65. The maximum atomic E-state index is 12.3. The highest BCUT2D eigenvalue weighted by Crippen LogP contribution is 2.19. The van der Waals surface area contributed by atoms with Gasteiger partial charge >= 0.3 is 6.03 Å². The molecule has 1 saturated heterocycles. The zero-order chi connectivity index (χ0) is 15.1. The molecule has 2 N–H and O–H groups in total. The topological polar surface area (TPSA) is 61.4 Å². The Morgan fingerprint density at radius 1 is 1.10 bits per heavy atom. The van der Waals surface area contributed by atoms with Crippen molar-refractivity contribution in [3.63, 3.8) is 0 Å². The summed E-state index contributed by atoms with van der Waals surface area (Å²) in [5.74, 6) is 0.491. The Balaban J connectivity index is 1.74. The van der Waals surface area contributed by atoms with Gasteiger partial charge in [-0.25, -0.2) is 4.79 Å². The van der Waals surface area contributed by atoms with E-state index in [0.717, 1.165) is 38.8 Å². The largest absolute Gasteiger partial charge is 0.356 e. The molecule has 1 saturated carbocycles. The summed E-state index contributed by atoms with van der Waals surface area (Å²) in [5.41, 5.74) is 0. The molecule has 2 aliphatic rings. The van der Waals surface area contributed by atoms with E-state index >= 15 is 0 Å². The van der Waals surface area contributed by atoms with Crippen LogP contribution in [0.15, 0.2) is 0 Å². The molecule has 2 fully saturated rings. The van der Waals surface area contributed by atoms with E-state index in [4.69, 9.17) is 0 Å². The molecule has 21 heavy (non-hydrogen) atoms. The molecule has 1 heterocycles. The molecule has 0 radical (unpaired) electrons. The van der Waals surface area contributed by atoms with E-state index in [1.54, 1.807) is 0 Å². The van der Waals surface area contributed by atoms with Crippen molar-refractivity contribution in [2.24, 2.45) is 5.92 Å². The number of nitrogens with one attached hydrogen (secondary N) is 2. The Morgan fingerprint density at radius 2 is 1.86 bits per heavy atom. The van der Waals surface area contributed by atoms with Gasteiger partial charge in [0.2, 0.25) is 5.91 Å². The second-order valence-corrected chi connectivity index (χ2v) is 6.40. The molecule has 1 atom stereocenters. The highest BCUT2D eigenvalue weighted by atomic mass is 16.2. The fraction of sp³-hybridized carbons (Fsp3) is 0.875. The normalized spacial score (nSPS) is 23.7. The average Bonchev–Trinajstić information content (AvgIpc) is 2.53. The Hall–Kier alpha value is -1.26. The van der Waals surface area contributed by atoms with Crippen LogP contribution in [-0.2, 0) is 4.79 Å². The van der Waals surface area contributed by atoms with Crippen LogP contribution in [0.4, 0.5) is 4.79 Å². The highest BCUT2D eigenvalue weighted by Gasteiger charge is 2.25. The molecule has 0 bridgehead atoms. The number of amides is 3. The third kappa shape index (κ3) is 5.21. The molecule has 1 aliphatic carbocycles. The minimum Gasteiger partial charge on any atom is -0.356 e. The molecule has 1 unspecified atom stereocenters. The first-order chi connectivity index (χ1) is 10.2. The molecule has 5 nitrogen and oxygen atoms in total. The van der Waals surface area contributed by atoms with E-state index in [9.17, 15) is 9.59 Å². The molecular formula is C16H29N3O2. The van der Waals surface area contributed by atoms with Crippen molar-refractivity contribution >= 4 is 11.9 Å². The van der Waals surface area contributed by atoms with E-state index in [1.165, 1.54) is 19.3 Å². The summed E-state index contributed by atoms with van der Waals surface area (Å²) in [6.45, 7) is 4.17. The van der Waals surface area contributed by atoms with Gasteiger partial charge in [0.05, 0.1) is 0 Å². The lowest BCUT2D eigenvalue weighted by atomic mass is 9.95. The molecule has 0 spiro atoms. The van der Waals surface area contributed by atoms with Crippen molar-refractivity contribution in [3.05, 3.63) is 0 Å². The minimum absolute atomic E-state index is 0.0911. The summed E-state index contributed by atoms with van der Waals surface area (Å²) in [4.78, 5) is 25.6. The number of hydrogen-bond donors (Lipinski definition) is 2. The number of carbonyl (C=O) groups excluding carboxylic acids is 2. The molecule has 0 aromatic heterocycles. The predicted octanol–water partition coefficient (Wildman–Crippen LogP) is 2.27. The minimum atomic E-state index is 0.0911. The number of hydrogen-bond acceptors (Lipinski definition) is 2. The van der Waals surface area contributed by atoms with Crippen molar-refractivity contribution in [1.29, 1.82) is 0 Å². The number of likely N-dealkylation sites (tertiary alicyclic amines) is 1. The monoisotopic (exact) mass is 295 g/mol. The van der Waals surface area contributed by atoms with Crippen LogP contribution < -0.4 is 10.6 Å². The Labute approximate surface area is 127 Å². The van der Waals surface area contributed by atoms with Crippen molar-refractivity contribution < 1.29 is 9.59 Å². The number of urea groups is 1. The van der Waals surface area contributed by atoms with Crippen LogP contribution >= 0.6 is 0 Å². The smallest absolute Gasteiger partial charge is 0.317 e. The fourth-order valence-electron chi connectivity index (χ4n) is 3.31. The van der Waals surface area contributed by atoms with Gasteiger partial charge in [-0.05, 0) is 31.6 Å². The standard InChI is InChI=1S/C16H29N3O2/c1-2-15(20)17-11-13-7-6-10-19(12-13)16(21)18-14-8-4-3-5-9-14/h13-14H,2-12H2,1H3,(H,17,20)(H,18,21). The molecule has 5 heteroatoms. The highest BCUT2D eigenvalue weighted by molar-refractivity contribution is 5.75. The van der Waals surface area contributed by atoms with Gasteiger partial charge in [-0.15, -0.1) is 0 Å². The van der Waals surface area contributed by atoms with Gasteiger partial charge in [0, 0.05) is 32.1 Å². The summed E-state index contributed by atoms with van der Waals surface area (Å²) in [6, 6.07) is 0.458. The van der Waals surface area contributed by atoms with Gasteiger partial charge in [0.1, 0.15) is 0 Å². The Bertz CT molecular complexity index is 353. The zero-order valence-corrected chi connectivity index (χ0v) is 13.2. The lowest BCUT2D eigenvalue weighted by molar-refractivity contribution is -0.121. The summed E-state index contributed by atoms with van der Waals surface area (Å²) >= 11 is 0. The molecule has 120 valence electrons. The molecule has 2 rings (SSSR count). The predicted molar refractivity (Wildman–Crippen MR) is 83.0 cm³/mol. The second kappa shape index (κ2) is 8.25. The van der Waals surface area contributed by atoms with Crippen LogP contribution in [0.5, 0.6) is 0 Å². The quantitative estimate of drug-likeness (QED) is 0.836. The molecule has 0 aromatic rings. The van der Waals surface area contributed by atoms with E-state index < -0.39 is 0 Å². The number of carbonyl (C=O) groups is 2. The molecule has 0 aromatic carbocycles. The first kappa shape index (κ1) is 16.1. The first-order valence-electron chi connectivity index (χ1n) is 8.51. The average molecular weight is 295 g/mol. The van der Waals surface area contributed by atoms with Crippen LogP contribution in [0, 0.1) is 5.92 Å². The van der Waals surface area contributed by atoms with E-state index in [-0.39, 0.29) is 11.9 Å². The number of nitrogens with zero attached hydrogens (tertiary/aromatic N) is 1. The molecule has 3 amide bonds. The molecular weight excluding hydrogens is 266 g/mol. The summed E-state index contributed by atoms with van der Waals surface area (Å²) in [7, 11) is 0. The van der Waals surface area contributed by atoms with Crippen LogP contribution in [-0.4, -0.2) is 42.5 Å². The maximum Gasteiger partial charge on any atom is 0.317 e. The van der Waals surface area contributed by atoms with E-state index in [0.29, 0.717) is 24.9 Å². The maximum absolute atomic E-state index is 12.3. The van der Waals surface area contributed by atoms with Gasteiger partial charge in [0.15, 0.2) is 0 Å². The lowest BCUT2D eigenvalue weighted by Gasteiger charge is -2.34. The van der Waals surface area contributed by atoms with Gasteiger partial charge in [-0.3, -0.25) is 4.79 Å². The van der Waals surface area contributed by atoms with Crippen molar-refractivity contribution in [2.75, 3.05) is 19.6 Å². The van der Waals surface area contributed by atoms with Gasteiger partial charge < -0.3 is 15.5 Å². The fourth-order valence-corrected chi connectivity index (χ4v) is 3.31. The Kier molecular flexibility index (Phi) is 6.33. The zero-order valence-electron chi connectivity index (χ0n) is 13.2. The molecule has 1 aliphatic heterocycles. The van der Waals surface area contributed by atoms with Crippen LogP contribution in [0.3, 0.4) is 0 Å². The Morgan fingerprint density at radius 3 is 2.57 bits per heavy atom. The van der Waals surface area contributed by atoms with Crippen LogP contribution in [0.25, 0.3) is 0 Å². The summed E-state index contributed by atoms with van der Waals surface area (Å²) in [5, 5.41) is 6.13. The van der Waals surface area contributed by atoms with Gasteiger partial charge in [-0.2, -0.15) is 0 Å². The third-order valence-corrected chi connectivity index (χ3v) is 4.65. The van der Waals surface area contributed by atoms with Crippen LogP contribution in [0.2, 0.25) is 0 Å². The van der Waals surface area contributed by atoms with Crippen molar-refractivity contribution in [3.8, 4) is 0 Å². The van der Waals surface area contributed by atoms with E-state index in [1.807, 2.05) is 11.8 Å². The number of piperidine rings is 1. The SMILES string of the molecule is CCC(=O)NCC1CCCN(C(=O)NC2CCCCC2)C1. The second-order valence-electron chi connectivity index (χ2n) is 6.40. The summed E-state index contributed by atoms with van der Waals surface area (Å²) < 4.78 is 0. The number of rotatable bonds is 4. The first-order valence-corrected chi connectivity index (χ1v) is 8.51. The van der Waals surface area contributed by atoms with Crippen molar-refractivity contribution in [2.45, 2.75) is 64.3 Å². The summed E-state index contributed by atoms with van der Waals surface area (Å²) in [6.07, 6.45) is 8.66. The van der Waals surface area contributed by atoms with Crippen LogP contribution in [0.1, 0.15) is 58.3 Å². The van der Waals surface area contributed by atoms with Gasteiger partial charge in [0.25, 0.3) is 0 Å².